The van der Waals surface area contributed by atoms with E-state index in [2.05, 4.69) is 23.4 Å². The number of carbonyl (C=O) groups excluding carboxylic acids is 1. The van der Waals surface area contributed by atoms with E-state index in [1.807, 2.05) is 0 Å². The molecule has 1 aliphatic heterocycles. The minimum absolute atomic E-state index is 0.0639. The molecule has 0 N–H and O–H groups in total. The van der Waals surface area contributed by atoms with Crippen molar-refractivity contribution in [2.45, 2.75) is 107 Å². The summed E-state index contributed by atoms with van der Waals surface area (Å²) in [4.78, 5) is 11.0. The molecule has 0 radical (unpaired) electrons. The van der Waals surface area contributed by atoms with Gasteiger partial charge in [0.05, 0.1) is 7.11 Å². The van der Waals surface area contributed by atoms with Gasteiger partial charge in [-0.1, -0.05) is 71.1 Å². The zero-order chi connectivity index (χ0) is 16.0. The monoisotopic (exact) mass is 328 g/mol. The fourth-order valence-electron chi connectivity index (χ4n) is 3.06. The van der Waals surface area contributed by atoms with Gasteiger partial charge in [0, 0.05) is 16.9 Å². The molecule has 22 heavy (non-hydrogen) atoms. The maximum absolute atomic E-state index is 11.0. The highest BCUT2D eigenvalue weighted by Gasteiger charge is 2.36. The normalized spacial score (nSPS) is 20.1. The van der Waals surface area contributed by atoms with Gasteiger partial charge in [-0.05, 0) is 19.3 Å². The second-order valence-electron chi connectivity index (χ2n) is 6.65. The van der Waals surface area contributed by atoms with Gasteiger partial charge in [-0.3, -0.25) is 4.79 Å². The fourth-order valence-corrected chi connectivity index (χ4v) is 4.30. The van der Waals surface area contributed by atoms with Crippen LogP contribution in [-0.4, -0.2) is 23.6 Å². The van der Waals surface area contributed by atoms with Crippen molar-refractivity contribution in [1.29, 1.82) is 0 Å². The van der Waals surface area contributed by atoms with Gasteiger partial charge < -0.3 is 4.74 Å². The van der Waals surface area contributed by atoms with Crippen LogP contribution in [0.15, 0.2) is 0 Å². The summed E-state index contributed by atoms with van der Waals surface area (Å²) >= 11 is 2.23. The average molecular weight is 329 g/mol. The second-order valence-corrected chi connectivity index (χ2v) is 8.14. The van der Waals surface area contributed by atoms with Crippen molar-refractivity contribution in [3.05, 3.63) is 0 Å². The first-order valence-electron chi connectivity index (χ1n) is 9.50. The molecule has 0 aromatic carbocycles. The third-order valence-electron chi connectivity index (χ3n) is 4.63. The van der Waals surface area contributed by atoms with E-state index in [1.54, 1.807) is 0 Å². The molecule has 1 rings (SSSR count). The van der Waals surface area contributed by atoms with Crippen LogP contribution in [0.5, 0.6) is 0 Å². The summed E-state index contributed by atoms with van der Waals surface area (Å²) in [5.74, 6) is -0.0639. The molecule has 0 amide bonds. The van der Waals surface area contributed by atoms with E-state index < -0.39 is 0 Å². The smallest absolute Gasteiger partial charge is 0.305 e. The van der Waals surface area contributed by atoms with Crippen LogP contribution in [0.4, 0.5) is 0 Å². The van der Waals surface area contributed by atoms with Crippen LogP contribution in [0.1, 0.15) is 96.8 Å². The van der Waals surface area contributed by atoms with Crippen LogP contribution >= 0.6 is 11.8 Å². The number of unbranched alkanes of at least 4 members (excludes halogenated alkanes) is 9. The van der Waals surface area contributed by atoms with Gasteiger partial charge in [0.15, 0.2) is 0 Å². The molecule has 1 saturated heterocycles. The predicted molar refractivity (Wildman–Crippen MR) is 97.5 cm³/mol. The number of esters is 1. The van der Waals surface area contributed by atoms with Crippen LogP contribution in [0.2, 0.25) is 0 Å². The summed E-state index contributed by atoms with van der Waals surface area (Å²) in [5.41, 5.74) is 0. The van der Waals surface area contributed by atoms with Gasteiger partial charge in [0.2, 0.25) is 0 Å². The fraction of sp³-hybridized carbons (Fsp3) is 0.947. The van der Waals surface area contributed by atoms with Crippen molar-refractivity contribution in [2.24, 2.45) is 0 Å². The largest absolute Gasteiger partial charge is 0.469 e. The van der Waals surface area contributed by atoms with Gasteiger partial charge in [-0.15, -0.1) is 0 Å². The number of rotatable bonds is 15. The number of hydrogen-bond acceptors (Lipinski definition) is 3. The van der Waals surface area contributed by atoms with E-state index >= 15 is 0 Å². The van der Waals surface area contributed by atoms with Crippen molar-refractivity contribution < 1.29 is 9.53 Å². The molecule has 1 fully saturated rings. The number of methoxy groups -OCH3 is 1. The molecule has 1 heterocycles. The molecule has 0 saturated carbocycles. The highest BCUT2D eigenvalue weighted by Crippen LogP contribution is 2.47. The Bertz CT molecular complexity index is 281. The van der Waals surface area contributed by atoms with Crippen LogP contribution < -0.4 is 0 Å². The maximum Gasteiger partial charge on any atom is 0.305 e. The Kier molecular flexibility index (Phi) is 12.0. The summed E-state index contributed by atoms with van der Waals surface area (Å²) in [7, 11) is 1.47. The Morgan fingerprint density at radius 3 is 1.86 bits per heavy atom. The Hall–Kier alpha value is -0.180. The van der Waals surface area contributed by atoms with Crippen molar-refractivity contribution in [3.63, 3.8) is 0 Å². The molecule has 0 aliphatic carbocycles. The lowest BCUT2D eigenvalue weighted by Gasteiger charge is -2.02. The Labute approximate surface area is 142 Å². The maximum atomic E-state index is 11.0. The van der Waals surface area contributed by atoms with E-state index in [1.165, 1.54) is 84.2 Å². The Morgan fingerprint density at radius 1 is 0.818 bits per heavy atom. The van der Waals surface area contributed by atoms with Crippen LogP contribution in [0.25, 0.3) is 0 Å². The van der Waals surface area contributed by atoms with E-state index in [0.717, 1.165) is 16.9 Å². The lowest BCUT2D eigenvalue weighted by Crippen LogP contribution is -1.99. The van der Waals surface area contributed by atoms with Gasteiger partial charge >= 0.3 is 5.97 Å². The molecule has 0 spiro atoms. The minimum Gasteiger partial charge on any atom is -0.469 e. The molecule has 0 bridgehead atoms. The Morgan fingerprint density at radius 2 is 1.32 bits per heavy atom. The van der Waals surface area contributed by atoms with E-state index in [9.17, 15) is 4.79 Å². The third kappa shape index (κ3) is 10.5. The number of carbonyl (C=O) groups is 1. The standard InChI is InChI=1S/C19H36O2S/c1-3-4-11-14-17-18(22-17)15-12-9-7-5-6-8-10-13-16-19(20)21-2/h17-18H,3-16H2,1-2H3. The van der Waals surface area contributed by atoms with Crippen LogP contribution in [0, 0.1) is 0 Å². The molecule has 0 aromatic heterocycles. The number of ether oxygens (including phenoxy) is 1. The number of thioether (sulfide) groups is 1. The summed E-state index contributed by atoms with van der Waals surface area (Å²) in [6, 6.07) is 0. The molecule has 0 aromatic rings. The molecule has 2 atom stereocenters. The highest BCUT2D eigenvalue weighted by atomic mass is 32.2. The average Bonchev–Trinajstić information content (AvgIpc) is 3.27. The first-order valence-corrected chi connectivity index (χ1v) is 10.4. The highest BCUT2D eigenvalue weighted by molar-refractivity contribution is 8.07. The quantitative estimate of drug-likeness (QED) is 0.206. The Balaban J connectivity index is 1.73. The zero-order valence-corrected chi connectivity index (χ0v) is 15.6. The molecule has 2 nitrogen and oxygen atoms in total. The summed E-state index contributed by atoms with van der Waals surface area (Å²) in [5, 5.41) is 2.02. The molecule has 3 heteroatoms. The third-order valence-corrected chi connectivity index (χ3v) is 6.14. The van der Waals surface area contributed by atoms with Gasteiger partial charge in [-0.2, -0.15) is 11.8 Å². The molecular formula is C19H36O2S. The zero-order valence-electron chi connectivity index (χ0n) is 14.8. The van der Waals surface area contributed by atoms with Gasteiger partial charge in [0.25, 0.3) is 0 Å². The second kappa shape index (κ2) is 13.3. The summed E-state index contributed by atoms with van der Waals surface area (Å²) in [6.07, 6.45) is 18.1. The lowest BCUT2D eigenvalue weighted by atomic mass is 10.0. The van der Waals surface area contributed by atoms with Crippen molar-refractivity contribution >= 4 is 17.7 Å². The van der Waals surface area contributed by atoms with Crippen LogP contribution in [0.3, 0.4) is 0 Å². The van der Waals surface area contributed by atoms with E-state index in [-0.39, 0.29) is 5.97 Å². The minimum atomic E-state index is -0.0639. The molecule has 130 valence electrons. The number of hydrogen-bond donors (Lipinski definition) is 0. The van der Waals surface area contributed by atoms with E-state index in [0.29, 0.717) is 6.42 Å². The van der Waals surface area contributed by atoms with Crippen LogP contribution in [-0.2, 0) is 9.53 Å². The SMILES string of the molecule is CCCCCC1SC1CCCCCCCCCCC(=O)OC. The van der Waals surface area contributed by atoms with Crippen molar-refractivity contribution in [1.82, 2.24) is 0 Å². The first-order chi connectivity index (χ1) is 10.8. The lowest BCUT2D eigenvalue weighted by molar-refractivity contribution is -0.140. The first kappa shape index (κ1) is 19.9. The predicted octanol–water partition coefficient (Wildman–Crippen LogP) is 6.12. The van der Waals surface area contributed by atoms with Crippen molar-refractivity contribution in [2.75, 3.05) is 7.11 Å². The topological polar surface area (TPSA) is 26.3 Å². The van der Waals surface area contributed by atoms with Gasteiger partial charge in [-0.25, -0.2) is 0 Å². The molecule has 2 unspecified atom stereocenters. The molecular weight excluding hydrogens is 292 g/mol. The van der Waals surface area contributed by atoms with Crippen molar-refractivity contribution in [3.8, 4) is 0 Å². The summed E-state index contributed by atoms with van der Waals surface area (Å²) in [6.45, 7) is 2.29. The van der Waals surface area contributed by atoms with Gasteiger partial charge in [0.1, 0.15) is 0 Å². The van der Waals surface area contributed by atoms with E-state index in [4.69, 9.17) is 0 Å². The molecule has 1 aliphatic rings. The summed E-state index contributed by atoms with van der Waals surface area (Å²) < 4.78 is 4.64.